The number of para-hydroxylation sites is 1. The van der Waals surface area contributed by atoms with Crippen LogP contribution in [0, 0.1) is 0 Å². The lowest BCUT2D eigenvalue weighted by atomic mass is 10.0. The minimum absolute atomic E-state index is 0.0700. The zero-order valence-electron chi connectivity index (χ0n) is 14.8. The van der Waals surface area contributed by atoms with E-state index in [-0.39, 0.29) is 24.5 Å². The summed E-state index contributed by atoms with van der Waals surface area (Å²) in [5.74, 6) is -0.239. The van der Waals surface area contributed by atoms with Gasteiger partial charge in [0.15, 0.2) is 5.78 Å². The molecule has 1 N–H and O–H groups in total. The van der Waals surface area contributed by atoms with Crippen LogP contribution >= 0.6 is 11.6 Å². The van der Waals surface area contributed by atoms with E-state index in [0.29, 0.717) is 10.6 Å². The predicted molar refractivity (Wildman–Crippen MR) is 109 cm³/mol. The third-order valence-electron chi connectivity index (χ3n) is 4.27. The van der Waals surface area contributed by atoms with E-state index < -0.39 is 0 Å². The monoisotopic (exact) mass is 377 g/mol. The van der Waals surface area contributed by atoms with Gasteiger partial charge in [-0.2, -0.15) is 0 Å². The van der Waals surface area contributed by atoms with Crippen LogP contribution in [-0.2, 0) is 11.2 Å². The van der Waals surface area contributed by atoms with E-state index in [2.05, 4.69) is 17.4 Å². The van der Waals surface area contributed by atoms with Gasteiger partial charge in [-0.25, -0.2) is 0 Å². The van der Waals surface area contributed by atoms with Crippen molar-refractivity contribution < 1.29 is 9.59 Å². The van der Waals surface area contributed by atoms with Crippen LogP contribution in [0.5, 0.6) is 0 Å². The predicted octanol–water partition coefficient (Wildman–Crippen LogP) is 5.53. The molecule has 0 saturated carbocycles. The van der Waals surface area contributed by atoms with Gasteiger partial charge in [-0.15, -0.1) is 0 Å². The molecule has 136 valence electrons. The Morgan fingerprint density at radius 3 is 2.19 bits per heavy atom. The fraction of sp³-hybridized carbons (Fsp3) is 0.130. The van der Waals surface area contributed by atoms with Gasteiger partial charge >= 0.3 is 0 Å². The molecule has 0 aliphatic rings. The van der Waals surface area contributed by atoms with Crippen LogP contribution in [0.1, 0.15) is 34.3 Å². The van der Waals surface area contributed by atoms with Crippen molar-refractivity contribution in [1.29, 1.82) is 0 Å². The van der Waals surface area contributed by atoms with Crippen LogP contribution in [0.4, 0.5) is 5.69 Å². The average molecular weight is 378 g/mol. The van der Waals surface area contributed by atoms with Gasteiger partial charge in [0.25, 0.3) is 0 Å². The van der Waals surface area contributed by atoms with Gasteiger partial charge in [0.1, 0.15) is 0 Å². The Hall–Kier alpha value is -2.91. The zero-order valence-corrected chi connectivity index (χ0v) is 15.6. The van der Waals surface area contributed by atoms with Crippen molar-refractivity contribution in [3.63, 3.8) is 0 Å². The second-order valence-electron chi connectivity index (χ2n) is 6.30. The number of ketones is 1. The molecule has 0 saturated heterocycles. The molecule has 0 bridgehead atoms. The molecule has 3 rings (SSSR count). The number of carbonyl (C=O) groups excluding carboxylic acids is 2. The lowest BCUT2D eigenvalue weighted by molar-refractivity contribution is -0.116. The van der Waals surface area contributed by atoms with Crippen LogP contribution in [0.3, 0.4) is 0 Å². The van der Waals surface area contributed by atoms with Gasteiger partial charge < -0.3 is 5.32 Å². The van der Waals surface area contributed by atoms with E-state index >= 15 is 0 Å². The number of anilines is 1. The summed E-state index contributed by atoms with van der Waals surface area (Å²) in [5.41, 5.74) is 3.57. The largest absolute Gasteiger partial charge is 0.326 e. The van der Waals surface area contributed by atoms with Gasteiger partial charge in [0.2, 0.25) is 5.91 Å². The molecule has 0 spiro atoms. The van der Waals surface area contributed by atoms with Crippen molar-refractivity contribution in [1.82, 2.24) is 0 Å². The van der Waals surface area contributed by atoms with E-state index in [0.717, 1.165) is 17.7 Å². The van der Waals surface area contributed by atoms with E-state index in [4.69, 9.17) is 11.6 Å². The molecule has 1 amide bonds. The molecule has 0 atom stereocenters. The molecule has 3 aromatic rings. The first kappa shape index (κ1) is 18.9. The summed E-state index contributed by atoms with van der Waals surface area (Å²) < 4.78 is 0. The number of carbonyl (C=O) groups is 2. The van der Waals surface area contributed by atoms with Gasteiger partial charge in [-0.05, 0) is 47.9 Å². The third-order valence-corrected chi connectivity index (χ3v) is 4.53. The molecule has 3 nitrogen and oxygen atoms in total. The molecule has 0 heterocycles. The molecule has 0 radical (unpaired) electrons. The maximum absolute atomic E-state index is 12.3. The van der Waals surface area contributed by atoms with Crippen molar-refractivity contribution in [3.05, 3.63) is 101 Å². The first-order valence-electron chi connectivity index (χ1n) is 8.82. The van der Waals surface area contributed by atoms with Gasteiger partial charge in [0, 0.05) is 29.1 Å². The molecule has 0 aliphatic heterocycles. The Bertz CT molecular complexity index is 921. The Kier molecular flexibility index (Phi) is 6.39. The van der Waals surface area contributed by atoms with Gasteiger partial charge in [-0.1, -0.05) is 60.1 Å². The number of nitrogens with one attached hydrogen (secondary N) is 1. The van der Waals surface area contributed by atoms with E-state index in [9.17, 15) is 9.59 Å². The Morgan fingerprint density at radius 1 is 0.778 bits per heavy atom. The molecule has 3 aromatic carbocycles. The first-order valence-corrected chi connectivity index (χ1v) is 9.20. The normalized spacial score (nSPS) is 10.4. The smallest absolute Gasteiger partial charge is 0.224 e. The third kappa shape index (κ3) is 5.53. The lowest BCUT2D eigenvalue weighted by Gasteiger charge is -2.11. The van der Waals surface area contributed by atoms with Crippen LogP contribution in [-0.4, -0.2) is 11.7 Å². The Labute approximate surface area is 164 Å². The summed E-state index contributed by atoms with van der Waals surface area (Å²) in [4.78, 5) is 24.5. The fourth-order valence-corrected chi connectivity index (χ4v) is 2.96. The van der Waals surface area contributed by atoms with Crippen LogP contribution in [0.25, 0.3) is 0 Å². The highest BCUT2D eigenvalue weighted by atomic mass is 35.5. The van der Waals surface area contributed by atoms with Crippen molar-refractivity contribution in [2.45, 2.75) is 19.3 Å². The quantitative estimate of drug-likeness (QED) is 0.550. The van der Waals surface area contributed by atoms with E-state index in [1.54, 1.807) is 24.3 Å². The molecular formula is C23H20ClNO2. The Balaban J connectivity index is 1.59. The number of rotatable bonds is 7. The molecule has 0 aliphatic carbocycles. The molecule has 0 fully saturated rings. The number of benzene rings is 3. The van der Waals surface area contributed by atoms with Crippen molar-refractivity contribution in [2.24, 2.45) is 0 Å². The SMILES string of the molecule is O=C(CCC(=O)c1ccc(Cl)cc1)Nc1ccccc1Cc1ccccc1. The molecule has 4 heteroatoms. The summed E-state index contributed by atoms with van der Waals surface area (Å²) in [6.45, 7) is 0. The number of hydrogen-bond donors (Lipinski definition) is 1. The topological polar surface area (TPSA) is 46.2 Å². The number of amides is 1. The minimum Gasteiger partial charge on any atom is -0.326 e. The van der Waals surface area contributed by atoms with E-state index in [1.165, 1.54) is 5.56 Å². The highest BCUT2D eigenvalue weighted by molar-refractivity contribution is 6.30. The first-order chi connectivity index (χ1) is 13.1. The molecular weight excluding hydrogens is 358 g/mol. The van der Waals surface area contributed by atoms with Crippen molar-refractivity contribution >= 4 is 29.0 Å². The van der Waals surface area contributed by atoms with Crippen molar-refractivity contribution in [3.8, 4) is 0 Å². The average Bonchev–Trinajstić information content (AvgIpc) is 2.69. The number of hydrogen-bond acceptors (Lipinski definition) is 2. The summed E-state index contributed by atoms with van der Waals surface area (Å²) >= 11 is 5.83. The summed E-state index contributed by atoms with van der Waals surface area (Å²) in [5, 5.41) is 3.52. The van der Waals surface area contributed by atoms with Crippen LogP contribution in [0.2, 0.25) is 5.02 Å². The number of halogens is 1. The second kappa shape index (κ2) is 9.15. The second-order valence-corrected chi connectivity index (χ2v) is 6.73. The summed E-state index contributed by atoms with van der Waals surface area (Å²) in [6, 6.07) is 24.5. The summed E-state index contributed by atoms with van der Waals surface area (Å²) in [7, 11) is 0. The molecule has 0 aromatic heterocycles. The molecule has 27 heavy (non-hydrogen) atoms. The maximum Gasteiger partial charge on any atom is 0.224 e. The van der Waals surface area contributed by atoms with E-state index in [1.807, 2.05) is 42.5 Å². The highest BCUT2D eigenvalue weighted by Crippen LogP contribution is 2.20. The van der Waals surface area contributed by atoms with Gasteiger partial charge in [0.05, 0.1) is 0 Å². The maximum atomic E-state index is 12.3. The van der Waals surface area contributed by atoms with Crippen molar-refractivity contribution in [2.75, 3.05) is 5.32 Å². The number of Topliss-reactive ketones (excluding diaryl/α,β-unsaturated/α-hetero) is 1. The Morgan fingerprint density at radius 2 is 1.44 bits per heavy atom. The zero-order chi connectivity index (χ0) is 19.1. The lowest BCUT2D eigenvalue weighted by Crippen LogP contribution is -2.14. The highest BCUT2D eigenvalue weighted by Gasteiger charge is 2.11. The van der Waals surface area contributed by atoms with Crippen LogP contribution < -0.4 is 5.32 Å². The fourth-order valence-electron chi connectivity index (χ4n) is 2.83. The minimum atomic E-state index is -0.169. The summed E-state index contributed by atoms with van der Waals surface area (Å²) in [6.07, 6.45) is 1.04. The van der Waals surface area contributed by atoms with Gasteiger partial charge in [-0.3, -0.25) is 9.59 Å². The molecule has 0 unspecified atom stereocenters. The standard InChI is InChI=1S/C23H20ClNO2/c24-20-12-10-18(11-13-20)22(26)14-15-23(27)25-21-9-5-4-8-19(21)16-17-6-2-1-3-7-17/h1-13H,14-16H2,(H,25,27). The van der Waals surface area contributed by atoms with Crippen LogP contribution in [0.15, 0.2) is 78.9 Å².